The molecule has 5 rings (SSSR count). The third-order valence-corrected chi connectivity index (χ3v) is 16.8. The van der Waals surface area contributed by atoms with Crippen molar-refractivity contribution in [2.75, 3.05) is 50.9 Å². The molecule has 0 heterocycles. The molecule has 0 aromatic heterocycles. The number of hydrogen-bond acceptors (Lipinski definition) is 13. The molecular formula is C64H90AcBrCl3N8O9S3. The van der Waals surface area contributed by atoms with E-state index >= 15 is 0 Å². The van der Waals surface area contributed by atoms with Crippen LogP contribution < -0.4 is 47.4 Å². The maximum absolute atomic E-state index is 12.2. The zero-order valence-electron chi connectivity index (χ0n) is 52.2. The molecule has 0 unspecified atom stereocenters. The normalized spacial score (nSPS) is 11.2. The number of ketones is 1. The number of hydrazone groups is 1. The van der Waals surface area contributed by atoms with E-state index in [4.69, 9.17) is 50.1 Å². The van der Waals surface area contributed by atoms with Gasteiger partial charge in [-0.15, -0.1) is 11.8 Å². The molecule has 5 aromatic rings. The zero-order chi connectivity index (χ0) is 64.8. The Kier molecular flexibility index (Phi) is 53.3. The van der Waals surface area contributed by atoms with Gasteiger partial charge in [0.2, 0.25) is 4.69 Å². The average Bonchev–Trinajstić information content (AvgIpc) is 3.57. The number of hydrogen-bond donors (Lipinski definition) is 8. The molecule has 25 heteroatoms. The standard InChI is InChI=1S/C26H35ClN4O3S.C13H17ClOS.C13H20N4O3.C7H7ClS.C5H9BrO.Ac.H2O/c1-4-19(3)24(18-35-17-21-8-6-7-9-23(21)27)30-31-26(33)29-15-14-20-10-12-22(13-11-20)34-16-25(32)28-5-2;1-3-10(2)13(15)9-16-8-11-6-4-5-7-12(11)14;1-2-15-12(18)9-20-11-5-3-10(4-6-11)7-8-16-13(19)17-14;8-7-4-2-1-3-6(7)5-9;1-3-4(2)5(6)7;;/h6-13,19H,4-5,14-18H2,1-3H3,(H,28,32)(H2,29,31,33);4-7,10H,3,8-9H2,1-2H3;3-6H,2,7-9,14H2,1H3,(H,15,18)(H2,16,17,19);1-4,9H,5H2;4H,3H2,1-2H3;;1H2/b30-24-;;;;;;/t19-;10-;;;4-;;/m00..0../s1. The van der Waals surface area contributed by atoms with Crippen LogP contribution in [0.4, 0.5) is 9.59 Å². The number of thiol groups is 1. The van der Waals surface area contributed by atoms with Crippen LogP contribution in [0.3, 0.4) is 0 Å². The van der Waals surface area contributed by atoms with E-state index in [0.29, 0.717) is 67.8 Å². The molecule has 489 valence electrons. The van der Waals surface area contributed by atoms with Crippen molar-refractivity contribution in [2.24, 2.45) is 28.7 Å². The van der Waals surface area contributed by atoms with Crippen LogP contribution in [-0.4, -0.2) is 96.4 Å². The minimum atomic E-state index is -0.410. The smallest absolute Gasteiger partial charge is 0.335 e. The van der Waals surface area contributed by atoms with E-state index in [2.05, 4.69) is 74.2 Å². The van der Waals surface area contributed by atoms with E-state index in [1.165, 1.54) is 0 Å². The number of benzene rings is 5. The Bertz CT molecular complexity index is 2820. The first-order chi connectivity index (χ1) is 41.7. The first-order valence-corrected chi connectivity index (χ1v) is 33.6. The summed E-state index contributed by atoms with van der Waals surface area (Å²) in [6.45, 7) is 18.0. The summed E-state index contributed by atoms with van der Waals surface area (Å²) in [4.78, 5) is 67.7. The van der Waals surface area contributed by atoms with Gasteiger partial charge in [-0.1, -0.05) is 155 Å². The van der Waals surface area contributed by atoms with E-state index in [1.807, 2.05) is 156 Å². The van der Waals surface area contributed by atoms with Gasteiger partial charge in [0.1, 0.15) is 17.3 Å². The summed E-state index contributed by atoms with van der Waals surface area (Å²) in [5, 5.41) is 17.5. The summed E-state index contributed by atoms with van der Waals surface area (Å²) in [7, 11) is 0. The van der Waals surface area contributed by atoms with Crippen molar-refractivity contribution in [1.29, 1.82) is 0 Å². The Morgan fingerprint density at radius 2 is 0.955 bits per heavy atom. The molecule has 1 radical (unpaired) electrons. The molecule has 0 aliphatic rings. The number of hydrazine groups is 1. The summed E-state index contributed by atoms with van der Waals surface area (Å²) in [6.07, 6.45) is 4.14. The van der Waals surface area contributed by atoms with Crippen LogP contribution in [0.5, 0.6) is 11.5 Å². The number of rotatable bonds is 30. The van der Waals surface area contributed by atoms with Crippen LogP contribution in [0.25, 0.3) is 0 Å². The van der Waals surface area contributed by atoms with Crippen molar-refractivity contribution < 1.29 is 87.8 Å². The number of ether oxygens (including phenoxy) is 2. The van der Waals surface area contributed by atoms with Gasteiger partial charge >= 0.3 is 12.1 Å². The number of thioether (sulfide) groups is 2. The molecule has 3 atom stereocenters. The average molecular weight is 1620 g/mol. The number of Topliss-reactive ketones (excluding diaryl/α,β-unsaturated/α-hetero) is 1. The van der Waals surface area contributed by atoms with Gasteiger partial charge in [-0.25, -0.2) is 20.9 Å². The van der Waals surface area contributed by atoms with Crippen LogP contribution in [0.2, 0.25) is 15.1 Å². The van der Waals surface area contributed by atoms with Crippen molar-refractivity contribution in [2.45, 2.75) is 105 Å². The molecule has 0 fully saturated rings. The first-order valence-electron chi connectivity index (χ1n) is 28.8. The van der Waals surface area contributed by atoms with Gasteiger partial charge in [0.25, 0.3) is 11.8 Å². The van der Waals surface area contributed by atoms with Gasteiger partial charge in [-0.05, 0) is 138 Å². The second-order valence-electron chi connectivity index (χ2n) is 19.3. The predicted octanol–water partition coefficient (Wildman–Crippen LogP) is 13.0. The second kappa shape index (κ2) is 54.5. The number of urea groups is 2. The number of carbonyl (C=O) groups excluding carboxylic acids is 6. The maximum Gasteiger partial charge on any atom is 0.335 e. The zero-order valence-corrected chi connectivity index (χ0v) is 63.4. The van der Waals surface area contributed by atoms with Crippen LogP contribution >= 0.6 is 86.9 Å². The van der Waals surface area contributed by atoms with E-state index in [-0.39, 0.29) is 103 Å². The molecule has 5 aromatic carbocycles. The van der Waals surface area contributed by atoms with Crippen molar-refractivity contribution >= 4 is 127 Å². The van der Waals surface area contributed by atoms with E-state index in [9.17, 15) is 28.8 Å². The largest absolute Gasteiger partial charge is 0.484 e. The van der Waals surface area contributed by atoms with Gasteiger partial charge in [-0.2, -0.15) is 29.5 Å². The van der Waals surface area contributed by atoms with Crippen molar-refractivity contribution in [3.8, 4) is 11.5 Å². The minimum Gasteiger partial charge on any atom is -0.484 e. The quantitative estimate of drug-likeness (QED) is 0.00535. The summed E-state index contributed by atoms with van der Waals surface area (Å²) < 4.78 is 10.9. The number of nitrogens with one attached hydrogen (secondary N) is 6. The number of carbonyl (C=O) groups is 6. The fraction of sp³-hybridized carbons (Fsp3) is 0.422. The van der Waals surface area contributed by atoms with Crippen LogP contribution in [0.15, 0.2) is 126 Å². The van der Waals surface area contributed by atoms with E-state index in [0.717, 1.165) is 85.1 Å². The summed E-state index contributed by atoms with van der Waals surface area (Å²) in [5.74, 6) is 10.5. The molecule has 0 aliphatic heterocycles. The molecule has 17 nitrogen and oxygen atoms in total. The fourth-order valence-electron chi connectivity index (χ4n) is 6.59. The fourth-order valence-corrected chi connectivity index (χ4v) is 10.2. The van der Waals surface area contributed by atoms with Crippen LogP contribution in [0, 0.1) is 61.8 Å². The molecule has 0 saturated heterocycles. The molecular weight excluding hydrogens is 1530 g/mol. The van der Waals surface area contributed by atoms with Crippen LogP contribution in [0.1, 0.15) is 102 Å². The van der Waals surface area contributed by atoms with Crippen molar-refractivity contribution in [3.63, 3.8) is 0 Å². The Hall–Kier alpha value is -4.05. The van der Waals surface area contributed by atoms with Gasteiger partial charge in [-0.3, -0.25) is 24.6 Å². The minimum absolute atomic E-state index is 0. The summed E-state index contributed by atoms with van der Waals surface area (Å²) in [6, 6.07) is 37.4. The Morgan fingerprint density at radius 1 is 0.562 bits per heavy atom. The molecule has 0 spiro atoms. The van der Waals surface area contributed by atoms with Gasteiger partial charge in [0.15, 0.2) is 13.2 Å². The maximum atomic E-state index is 12.2. The van der Waals surface area contributed by atoms with Gasteiger partial charge < -0.3 is 36.2 Å². The predicted molar refractivity (Wildman–Crippen MR) is 374 cm³/mol. The monoisotopic (exact) mass is 1620 g/mol. The number of nitrogens with two attached hydrogens (primary N) is 1. The molecule has 0 bridgehead atoms. The van der Waals surface area contributed by atoms with E-state index in [1.54, 1.807) is 35.7 Å². The third-order valence-electron chi connectivity index (χ3n) is 12.6. The topological polar surface area (TPSA) is 263 Å². The number of likely N-dealkylation sites (N-methyl/N-ethyl adjacent to an activating group) is 2. The van der Waals surface area contributed by atoms with Gasteiger partial charge in [0.05, 0.1) is 11.5 Å². The van der Waals surface area contributed by atoms with Crippen molar-refractivity contribution in [1.82, 2.24) is 32.1 Å². The third kappa shape index (κ3) is 41.9. The SMILES string of the molecule is CCNC(=O)COc1ccc(CCNC(=O)N/N=C(/CSCc2ccccc2Cl)[C@@H](C)CC)cc1.CCNC(=O)COc1ccc(CCNC(=O)NN)cc1.CC[C@H](C)C(=O)Br.CC[C@H](C)C(=O)CSCc1ccccc1Cl.O.SCc1ccccc1Cl.[Ac]. The molecule has 89 heavy (non-hydrogen) atoms. The molecule has 6 amide bonds. The van der Waals surface area contributed by atoms with Gasteiger partial charge in [0, 0.05) is 120 Å². The van der Waals surface area contributed by atoms with Crippen LogP contribution in [-0.2, 0) is 49.3 Å². The number of halogens is 4. The summed E-state index contributed by atoms with van der Waals surface area (Å²) >= 11 is 28.4. The number of amides is 6. The Labute approximate surface area is 600 Å². The molecule has 10 N–H and O–H groups in total. The Balaban J connectivity index is 0. The summed E-state index contributed by atoms with van der Waals surface area (Å²) in [5.41, 5.74) is 11.0. The first kappa shape index (κ1) is 87.0. The number of nitrogens with zero attached hydrogens (tertiary/aromatic N) is 1. The molecule has 0 saturated carbocycles. The second-order valence-corrected chi connectivity index (χ2v) is 23.6. The molecule has 0 aliphatic carbocycles. The van der Waals surface area contributed by atoms with Crippen molar-refractivity contribution in [3.05, 3.63) is 164 Å². The van der Waals surface area contributed by atoms with E-state index < -0.39 is 6.03 Å². The Morgan fingerprint density at radius 3 is 1.30 bits per heavy atom.